The fourth-order valence-corrected chi connectivity index (χ4v) is 3.85. The van der Waals surface area contributed by atoms with E-state index in [-0.39, 0.29) is 16.3 Å². The van der Waals surface area contributed by atoms with Crippen LogP contribution < -0.4 is 15.5 Å². The van der Waals surface area contributed by atoms with Gasteiger partial charge in [0.15, 0.2) is 5.84 Å². The Balaban J connectivity index is 2.73. The molecule has 0 aliphatic heterocycles. The van der Waals surface area contributed by atoms with Crippen molar-refractivity contribution in [3.8, 4) is 0 Å². The zero-order valence-electron chi connectivity index (χ0n) is 9.59. The Morgan fingerprint density at radius 1 is 1.53 bits per heavy atom. The van der Waals surface area contributed by atoms with Crippen LogP contribution in [0.15, 0.2) is 5.16 Å². The average Bonchev–Trinajstić information content (AvgIpc) is 2.67. The van der Waals surface area contributed by atoms with Gasteiger partial charge in [-0.25, -0.2) is 0 Å². The number of fused-ring (bicyclic) bond motifs is 1. The van der Waals surface area contributed by atoms with Crippen LogP contribution in [0.2, 0.25) is 0 Å². The molecule has 3 nitrogen and oxygen atoms in total. The van der Waals surface area contributed by atoms with Crippen LogP contribution in [0.4, 0.5) is 13.2 Å². The van der Waals surface area contributed by atoms with E-state index in [4.69, 9.17) is 10.9 Å². The number of hydrogen-bond acceptors (Lipinski definition) is 3. The van der Waals surface area contributed by atoms with Crippen LogP contribution in [0.3, 0.4) is 0 Å². The number of halogens is 4. The first kappa shape index (κ1) is 14.4. The highest BCUT2D eigenvalue weighted by molar-refractivity contribution is 9.14. The van der Waals surface area contributed by atoms with Gasteiger partial charge in [0.1, 0.15) is 0 Å². The van der Waals surface area contributed by atoms with Crippen LogP contribution in [0.5, 0.6) is 0 Å². The molecule has 0 bridgehead atoms. The molecule has 0 saturated heterocycles. The highest BCUT2D eigenvalue weighted by atomic mass is 79.9. The first-order chi connectivity index (χ1) is 8.83. The van der Waals surface area contributed by atoms with E-state index in [1.807, 2.05) is 0 Å². The third-order valence-corrected chi connectivity index (χ3v) is 5.11. The first-order valence-electron chi connectivity index (χ1n) is 5.38. The molecule has 104 valence electrons. The molecule has 3 N–H and O–H groups in total. The summed E-state index contributed by atoms with van der Waals surface area (Å²) in [6.07, 6.45) is -2.23. The highest BCUT2D eigenvalue weighted by Gasteiger charge is 2.31. The molecular weight excluding hydrogens is 345 g/mol. The van der Waals surface area contributed by atoms with Crippen LogP contribution in [-0.4, -0.2) is 17.2 Å². The van der Waals surface area contributed by atoms with E-state index in [9.17, 15) is 13.2 Å². The number of nitrogens with two attached hydrogens (primary N) is 1. The third-order valence-electron chi connectivity index (χ3n) is 2.72. The van der Waals surface area contributed by atoms with Gasteiger partial charge in [-0.1, -0.05) is 27.2 Å². The largest absolute Gasteiger partial charge is 0.409 e. The van der Waals surface area contributed by atoms with E-state index >= 15 is 0 Å². The second-order valence-electron chi connectivity index (χ2n) is 4.08. The maximum absolute atomic E-state index is 12.7. The molecule has 1 aromatic heterocycles. The van der Waals surface area contributed by atoms with Crippen LogP contribution in [-0.2, 0) is 6.42 Å². The topological polar surface area (TPSA) is 58.6 Å². The minimum absolute atomic E-state index is 0.0828. The van der Waals surface area contributed by atoms with Crippen molar-refractivity contribution < 1.29 is 18.4 Å². The van der Waals surface area contributed by atoms with Gasteiger partial charge in [-0.3, -0.25) is 0 Å². The van der Waals surface area contributed by atoms with Gasteiger partial charge in [-0.05, 0) is 23.6 Å². The maximum Gasteiger partial charge on any atom is 0.393 e. The van der Waals surface area contributed by atoms with Crippen molar-refractivity contribution in [1.29, 1.82) is 0 Å². The van der Waals surface area contributed by atoms with E-state index in [0.717, 1.165) is 26.8 Å². The Morgan fingerprint density at radius 2 is 2.21 bits per heavy atom. The number of rotatable bonds is 2. The van der Waals surface area contributed by atoms with Crippen LogP contribution in [0.1, 0.15) is 23.3 Å². The van der Waals surface area contributed by atoms with Gasteiger partial charge >= 0.3 is 6.18 Å². The number of thiophene rings is 1. The SMILES string of the molecule is N/C(=N\O)c1sc2c(c1CC(F)(F)F)=CCCC=2Br. The predicted molar refractivity (Wildman–Crippen MR) is 71.9 cm³/mol. The van der Waals surface area contributed by atoms with Crippen molar-refractivity contribution in [2.45, 2.75) is 25.4 Å². The van der Waals surface area contributed by atoms with Crippen LogP contribution >= 0.6 is 27.3 Å². The molecule has 2 rings (SSSR count). The normalized spacial score (nSPS) is 16.2. The van der Waals surface area contributed by atoms with Crippen molar-refractivity contribution in [2.24, 2.45) is 10.9 Å². The quantitative estimate of drug-likeness (QED) is 0.369. The summed E-state index contributed by atoms with van der Waals surface area (Å²) in [7, 11) is 0. The summed E-state index contributed by atoms with van der Waals surface area (Å²) in [6.45, 7) is 0. The fourth-order valence-electron chi connectivity index (χ4n) is 1.98. The zero-order valence-corrected chi connectivity index (χ0v) is 12.0. The summed E-state index contributed by atoms with van der Waals surface area (Å²) >= 11 is 4.48. The molecule has 1 aromatic rings. The molecule has 1 heterocycles. The standard InChI is InChI=1S/C11H10BrF3N2OS/c12-7-3-1-2-5-6(4-11(13,14)15)9(10(16)17-18)19-8(5)7/h2,18H,1,3-4H2,(H2,16,17). The molecule has 0 amide bonds. The van der Waals surface area contributed by atoms with Gasteiger partial charge in [0.2, 0.25) is 0 Å². The molecule has 0 unspecified atom stereocenters. The van der Waals surface area contributed by atoms with Gasteiger partial charge in [0, 0.05) is 9.01 Å². The molecule has 8 heteroatoms. The first-order valence-corrected chi connectivity index (χ1v) is 6.99. The molecule has 0 radical (unpaired) electrons. The van der Waals surface area contributed by atoms with Crippen molar-refractivity contribution >= 4 is 43.7 Å². The third kappa shape index (κ3) is 2.94. The summed E-state index contributed by atoms with van der Waals surface area (Å²) in [5, 5.41) is 12.1. The number of amidine groups is 1. The Labute approximate surface area is 119 Å². The smallest absolute Gasteiger partial charge is 0.393 e. The van der Waals surface area contributed by atoms with Crippen LogP contribution in [0, 0.1) is 0 Å². The fraction of sp³-hybridized carbons (Fsp3) is 0.364. The molecule has 0 aromatic carbocycles. The Bertz CT molecular complexity index is 648. The summed E-state index contributed by atoms with van der Waals surface area (Å²) in [6, 6.07) is 0. The Morgan fingerprint density at radius 3 is 2.79 bits per heavy atom. The second kappa shape index (κ2) is 5.16. The van der Waals surface area contributed by atoms with Crippen molar-refractivity contribution in [1.82, 2.24) is 0 Å². The van der Waals surface area contributed by atoms with E-state index in [1.54, 1.807) is 6.08 Å². The van der Waals surface area contributed by atoms with Crippen LogP contribution in [0.25, 0.3) is 10.6 Å². The lowest BCUT2D eigenvalue weighted by Gasteiger charge is -2.08. The van der Waals surface area contributed by atoms with Gasteiger partial charge < -0.3 is 10.9 Å². The van der Waals surface area contributed by atoms with Gasteiger partial charge in [0.25, 0.3) is 0 Å². The average molecular weight is 355 g/mol. The number of hydrogen-bond donors (Lipinski definition) is 2. The molecule has 0 fully saturated rings. The monoisotopic (exact) mass is 354 g/mol. The lowest BCUT2D eigenvalue weighted by Crippen LogP contribution is -2.29. The molecule has 1 aliphatic carbocycles. The van der Waals surface area contributed by atoms with E-state index in [1.165, 1.54) is 0 Å². The molecule has 19 heavy (non-hydrogen) atoms. The predicted octanol–water partition coefficient (Wildman–Crippen LogP) is 2.02. The van der Waals surface area contributed by atoms with Gasteiger partial charge in [0.05, 0.1) is 11.3 Å². The van der Waals surface area contributed by atoms with Gasteiger partial charge in [-0.15, -0.1) is 11.3 Å². The summed E-state index contributed by atoms with van der Waals surface area (Å²) in [4.78, 5) is 0.180. The van der Waals surface area contributed by atoms with E-state index < -0.39 is 12.6 Å². The van der Waals surface area contributed by atoms with E-state index in [0.29, 0.717) is 11.6 Å². The number of alkyl halides is 3. The highest BCUT2D eigenvalue weighted by Crippen LogP contribution is 2.25. The summed E-state index contributed by atoms with van der Waals surface area (Å²) < 4.78 is 39.6. The second-order valence-corrected chi connectivity index (χ2v) is 6.06. The van der Waals surface area contributed by atoms with Crippen molar-refractivity contribution in [2.75, 3.05) is 0 Å². The summed E-state index contributed by atoms with van der Waals surface area (Å²) in [5.74, 6) is -0.285. The number of oxime groups is 1. The number of nitrogens with zero attached hydrogens (tertiary/aromatic N) is 1. The zero-order chi connectivity index (χ0) is 14.2. The maximum atomic E-state index is 12.7. The summed E-state index contributed by atoms with van der Waals surface area (Å²) in [5.41, 5.74) is 5.56. The molecule has 0 saturated carbocycles. The Kier molecular flexibility index (Phi) is 3.91. The molecular formula is C11H10BrF3N2OS. The molecule has 0 spiro atoms. The van der Waals surface area contributed by atoms with E-state index in [2.05, 4.69) is 21.1 Å². The molecule has 0 atom stereocenters. The minimum Gasteiger partial charge on any atom is -0.409 e. The minimum atomic E-state index is -4.34. The molecule has 1 aliphatic rings. The lowest BCUT2D eigenvalue weighted by atomic mass is 10.1. The lowest BCUT2D eigenvalue weighted by molar-refractivity contribution is -0.127. The van der Waals surface area contributed by atoms with Crippen molar-refractivity contribution in [3.63, 3.8) is 0 Å². The van der Waals surface area contributed by atoms with Crippen molar-refractivity contribution in [3.05, 3.63) is 20.2 Å². The Hall–Kier alpha value is -1.02. The van der Waals surface area contributed by atoms with Gasteiger partial charge in [-0.2, -0.15) is 13.2 Å².